The lowest BCUT2D eigenvalue weighted by molar-refractivity contribution is 0.0906. The Bertz CT molecular complexity index is 1200. The molecule has 0 aliphatic heterocycles. The van der Waals surface area contributed by atoms with E-state index in [-0.39, 0.29) is 41.0 Å². The maximum atomic E-state index is 13.2. The fraction of sp³-hybridized carbons (Fsp3) is 0.387. The molecule has 1 aliphatic rings. The van der Waals surface area contributed by atoms with E-state index in [1.165, 1.54) is 38.2 Å². The third-order valence-electron chi connectivity index (χ3n) is 7.19. The lowest BCUT2D eigenvalue weighted by atomic mass is 9.91. The highest BCUT2D eigenvalue weighted by Crippen LogP contribution is 2.31. The van der Waals surface area contributed by atoms with Gasteiger partial charge in [-0.1, -0.05) is 43.5 Å². The minimum Gasteiger partial charge on any atom is -0.507 e. The third-order valence-corrected chi connectivity index (χ3v) is 8.77. The molecule has 1 saturated carbocycles. The molecule has 3 N–H and O–H groups in total. The number of rotatable bonds is 12. The Labute approximate surface area is 234 Å². The van der Waals surface area contributed by atoms with E-state index in [4.69, 9.17) is 4.74 Å². The first-order chi connectivity index (χ1) is 19.0. The standard InChI is InChI=1S/C31H37N3O4S/c1-38-25-15-13-22(14-16-25)18-29(39-21-23-8-3-2-4-9-23)27(34-30(36)24-10-7-17-32-19-24)20-33-31(37)26-11-5-6-12-28(26)35/h5-7,10-17,19,23,27,29,35H,2-4,8-9,18,20-21H2,1H3,(H,33,37)(H,34,36). The van der Waals surface area contributed by atoms with Crippen LogP contribution in [0.25, 0.3) is 0 Å². The smallest absolute Gasteiger partial charge is 0.255 e. The highest BCUT2D eigenvalue weighted by Gasteiger charge is 2.27. The quantitative estimate of drug-likeness (QED) is 0.286. The molecule has 3 aromatic rings. The normalized spacial score (nSPS) is 15.2. The second-order valence-corrected chi connectivity index (χ2v) is 11.2. The second-order valence-electron chi connectivity index (χ2n) is 9.98. The van der Waals surface area contributed by atoms with Crippen molar-refractivity contribution in [3.63, 3.8) is 0 Å². The fourth-order valence-corrected chi connectivity index (χ4v) is 6.47. The number of aromatic nitrogens is 1. The van der Waals surface area contributed by atoms with Gasteiger partial charge >= 0.3 is 0 Å². The van der Waals surface area contributed by atoms with E-state index in [1.54, 1.807) is 49.8 Å². The molecule has 2 atom stereocenters. The zero-order valence-corrected chi connectivity index (χ0v) is 23.2. The number of carbonyl (C=O) groups is 2. The number of benzene rings is 2. The Morgan fingerprint density at radius 1 is 1.03 bits per heavy atom. The van der Waals surface area contributed by atoms with Crippen LogP contribution in [-0.2, 0) is 6.42 Å². The van der Waals surface area contributed by atoms with Crippen molar-refractivity contribution in [2.75, 3.05) is 19.4 Å². The number of nitrogens with zero attached hydrogens (tertiary/aromatic N) is 1. The zero-order chi connectivity index (χ0) is 27.5. The van der Waals surface area contributed by atoms with Gasteiger partial charge in [0.15, 0.2) is 0 Å². The summed E-state index contributed by atoms with van der Waals surface area (Å²) >= 11 is 1.87. The molecule has 206 valence electrons. The van der Waals surface area contributed by atoms with Crippen LogP contribution in [0.4, 0.5) is 0 Å². The predicted molar refractivity (Wildman–Crippen MR) is 155 cm³/mol. The summed E-state index contributed by atoms with van der Waals surface area (Å²) in [7, 11) is 1.65. The minimum atomic E-state index is -0.380. The van der Waals surface area contributed by atoms with Gasteiger partial charge in [-0.2, -0.15) is 11.8 Å². The van der Waals surface area contributed by atoms with Crippen molar-refractivity contribution in [1.82, 2.24) is 15.6 Å². The first kappa shape index (κ1) is 28.5. The van der Waals surface area contributed by atoms with Crippen molar-refractivity contribution in [1.29, 1.82) is 0 Å². The largest absolute Gasteiger partial charge is 0.507 e. The number of hydrogen-bond donors (Lipinski definition) is 3. The van der Waals surface area contributed by atoms with E-state index < -0.39 is 0 Å². The molecule has 39 heavy (non-hydrogen) atoms. The van der Waals surface area contributed by atoms with Crippen LogP contribution in [0, 0.1) is 5.92 Å². The summed E-state index contributed by atoms with van der Waals surface area (Å²) < 4.78 is 5.33. The monoisotopic (exact) mass is 547 g/mol. The number of aromatic hydroxyl groups is 1. The van der Waals surface area contributed by atoms with Crippen LogP contribution < -0.4 is 15.4 Å². The second kappa shape index (κ2) is 14.6. The number of thioether (sulfide) groups is 1. The van der Waals surface area contributed by atoms with E-state index in [1.807, 2.05) is 36.0 Å². The third kappa shape index (κ3) is 8.48. The van der Waals surface area contributed by atoms with E-state index in [2.05, 4.69) is 15.6 Å². The van der Waals surface area contributed by atoms with Crippen LogP contribution in [0.15, 0.2) is 73.1 Å². The summed E-state index contributed by atoms with van der Waals surface area (Å²) in [5.41, 5.74) is 1.80. The van der Waals surface area contributed by atoms with Gasteiger partial charge in [-0.3, -0.25) is 14.6 Å². The number of carbonyl (C=O) groups excluding carboxylic acids is 2. The molecule has 7 nitrogen and oxygen atoms in total. The maximum Gasteiger partial charge on any atom is 0.255 e. The van der Waals surface area contributed by atoms with Crippen LogP contribution in [0.2, 0.25) is 0 Å². The Balaban J connectivity index is 1.56. The van der Waals surface area contributed by atoms with Crippen molar-refractivity contribution in [3.8, 4) is 11.5 Å². The average Bonchev–Trinajstić information content (AvgIpc) is 2.98. The van der Waals surface area contributed by atoms with Crippen LogP contribution in [0.3, 0.4) is 0 Å². The summed E-state index contributed by atoms with van der Waals surface area (Å²) in [5, 5.41) is 16.3. The molecule has 8 heteroatoms. The molecule has 0 saturated heterocycles. The van der Waals surface area contributed by atoms with Crippen molar-refractivity contribution < 1.29 is 19.4 Å². The van der Waals surface area contributed by atoms with Gasteiger partial charge in [0, 0.05) is 24.2 Å². The van der Waals surface area contributed by atoms with E-state index >= 15 is 0 Å². The number of amides is 2. The number of ether oxygens (including phenoxy) is 1. The van der Waals surface area contributed by atoms with Gasteiger partial charge in [0.2, 0.25) is 0 Å². The number of hydrogen-bond acceptors (Lipinski definition) is 6. The summed E-state index contributed by atoms with van der Waals surface area (Å²) in [6.07, 6.45) is 10.2. The number of phenols is 1. The summed E-state index contributed by atoms with van der Waals surface area (Å²) in [6.45, 7) is 0.220. The molecule has 1 aliphatic carbocycles. The lowest BCUT2D eigenvalue weighted by Gasteiger charge is -2.30. The molecular formula is C31H37N3O4S. The van der Waals surface area contributed by atoms with Gasteiger partial charge in [-0.15, -0.1) is 0 Å². The van der Waals surface area contributed by atoms with Gasteiger partial charge < -0.3 is 20.5 Å². The molecule has 2 unspecified atom stereocenters. The zero-order valence-electron chi connectivity index (χ0n) is 22.3. The van der Waals surface area contributed by atoms with Gasteiger partial charge in [0.25, 0.3) is 11.8 Å². The molecular weight excluding hydrogens is 510 g/mol. The number of nitrogens with one attached hydrogen (secondary N) is 2. The molecule has 1 fully saturated rings. The number of para-hydroxylation sites is 1. The number of phenolic OH excluding ortho intramolecular Hbond substituents is 1. The van der Waals surface area contributed by atoms with Gasteiger partial charge in [-0.05, 0) is 72.9 Å². The Hall–Kier alpha value is -3.52. The molecule has 2 aromatic carbocycles. The highest BCUT2D eigenvalue weighted by molar-refractivity contribution is 7.99. The molecule has 0 bridgehead atoms. The summed E-state index contributed by atoms with van der Waals surface area (Å²) in [4.78, 5) is 30.3. The first-order valence-corrected chi connectivity index (χ1v) is 14.6. The fourth-order valence-electron chi connectivity index (χ4n) is 4.91. The SMILES string of the molecule is COc1ccc(CC(SCC2CCCCC2)C(CNC(=O)c2ccccc2O)NC(=O)c2cccnc2)cc1. The number of methoxy groups -OCH3 is 1. The van der Waals surface area contributed by atoms with Crippen LogP contribution >= 0.6 is 11.8 Å². The number of pyridine rings is 1. The van der Waals surface area contributed by atoms with Gasteiger partial charge in [-0.25, -0.2) is 0 Å². The Morgan fingerprint density at radius 3 is 2.49 bits per heavy atom. The van der Waals surface area contributed by atoms with Crippen molar-refractivity contribution in [3.05, 3.63) is 89.7 Å². The molecule has 1 aromatic heterocycles. The molecule has 0 radical (unpaired) electrons. The topological polar surface area (TPSA) is 101 Å². The maximum absolute atomic E-state index is 13.2. The summed E-state index contributed by atoms with van der Waals surface area (Å²) in [6, 6.07) is 17.6. The lowest BCUT2D eigenvalue weighted by Crippen LogP contribution is -2.50. The first-order valence-electron chi connectivity index (χ1n) is 13.5. The minimum absolute atomic E-state index is 0.00520. The average molecular weight is 548 g/mol. The summed E-state index contributed by atoms with van der Waals surface area (Å²) in [5.74, 6) is 1.77. The predicted octanol–water partition coefficient (Wildman–Crippen LogP) is 5.25. The van der Waals surface area contributed by atoms with Crippen LogP contribution in [0.5, 0.6) is 11.5 Å². The molecule has 0 spiro atoms. The molecule has 4 rings (SSSR count). The van der Waals surface area contributed by atoms with E-state index in [0.29, 0.717) is 17.9 Å². The Morgan fingerprint density at radius 2 is 1.79 bits per heavy atom. The Kier molecular flexibility index (Phi) is 10.7. The van der Waals surface area contributed by atoms with Gasteiger partial charge in [0.1, 0.15) is 11.5 Å². The van der Waals surface area contributed by atoms with Crippen LogP contribution in [0.1, 0.15) is 58.4 Å². The highest BCUT2D eigenvalue weighted by atomic mass is 32.2. The van der Waals surface area contributed by atoms with Crippen molar-refractivity contribution in [2.45, 2.75) is 49.8 Å². The molecule has 2 amide bonds. The van der Waals surface area contributed by atoms with E-state index in [0.717, 1.165) is 17.1 Å². The molecule has 1 heterocycles. The van der Waals surface area contributed by atoms with Gasteiger partial charge in [0.05, 0.1) is 24.3 Å². The van der Waals surface area contributed by atoms with Crippen molar-refractivity contribution in [2.24, 2.45) is 5.92 Å². The van der Waals surface area contributed by atoms with E-state index in [9.17, 15) is 14.7 Å². The van der Waals surface area contributed by atoms with Crippen molar-refractivity contribution >= 4 is 23.6 Å². The van der Waals surface area contributed by atoms with Crippen LogP contribution in [-0.4, -0.2) is 52.6 Å².